The minimum atomic E-state index is -1.22. The molecule has 0 amide bonds. The van der Waals surface area contributed by atoms with Crippen LogP contribution < -0.4 is 5.73 Å². The van der Waals surface area contributed by atoms with E-state index in [1.165, 1.54) is 12.1 Å². The second kappa shape index (κ2) is 2.87. The molecule has 1 aliphatic carbocycles. The van der Waals surface area contributed by atoms with Crippen LogP contribution in [-0.4, -0.2) is 26.8 Å². The third-order valence-corrected chi connectivity index (χ3v) is 2.80. The van der Waals surface area contributed by atoms with Gasteiger partial charge in [-0.1, -0.05) is 6.07 Å². The van der Waals surface area contributed by atoms with Crippen molar-refractivity contribution in [2.24, 2.45) is 5.73 Å². The number of carboxylic acid groups (broad SMARTS) is 1. The molecule has 0 radical (unpaired) electrons. The van der Waals surface area contributed by atoms with Crippen molar-refractivity contribution >= 4 is 5.97 Å². The van der Waals surface area contributed by atoms with Crippen LogP contribution in [0.3, 0.4) is 0 Å². The molecule has 2 atom stereocenters. The van der Waals surface area contributed by atoms with Gasteiger partial charge in [-0.2, -0.15) is 0 Å². The van der Waals surface area contributed by atoms with Crippen LogP contribution >= 0.6 is 0 Å². The van der Waals surface area contributed by atoms with Crippen molar-refractivity contribution < 1.29 is 20.1 Å². The maximum absolute atomic E-state index is 10.8. The van der Waals surface area contributed by atoms with Crippen molar-refractivity contribution in [2.75, 3.05) is 0 Å². The summed E-state index contributed by atoms with van der Waals surface area (Å²) in [5.74, 6) is -1.81. The largest absolute Gasteiger partial charge is 0.504 e. The Labute approximate surface area is 85.8 Å². The Hall–Kier alpha value is -1.75. The fourth-order valence-corrected chi connectivity index (χ4v) is 1.69. The summed E-state index contributed by atoms with van der Waals surface area (Å²) in [7, 11) is 0. The predicted octanol–water partition coefficient (Wildman–Crippen LogP) is 0.367. The van der Waals surface area contributed by atoms with Crippen LogP contribution in [0, 0.1) is 0 Å². The molecule has 5 heteroatoms. The number of phenols is 2. The summed E-state index contributed by atoms with van der Waals surface area (Å²) in [4.78, 5) is 10.8. The highest BCUT2D eigenvalue weighted by Gasteiger charge is 2.58. The molecule has 0 aromatic heterocycles. The second-order valence-electron chi connectivity index (χ2n) is 3.85. The van der Waals surface area contributed by atoms with Crippen molar-refractivity contribution in [3.63, 3.8) is 0 Å². The average molecular weight is 209 g/mol. The lowest BCUT2D eigenvalue weighted by atomic mass is 10.1. The monoisotopic (exact) mass is 209 g/mol. The maximum atomic E-state index is 10.8. The van der Waals surface area contributed by atoms with Gasteiger partial charge in [-0.15, -0.1) is 0 Å². The molecule has 2 unspecified atom stereocenters. The first-order valence-electron chi connectivity index (χ1n) is 4.49. The van der Waals surface area contributed by atoms with Gasteiger partial charge in [-0.25, -0.2) is 0 Å². The van der Waals surface area contributed by atoms with Crippen LogP contribution in [0.4, 0.5) is 0 Å². The maximum Gasteiger partial charge on any atom is 0.324 e. The number of phenolic OH excluding ortho intramolecular Hbond substituents is 2. The van der Waals surface area contributed by atoms with Gasteiger partial charge in [0.25, 0.3) is 0 Å². The molecule has 5 N–H and O–H groups in total. The van der Waals surface area contributed by atoms with E-state index in [2.05, 4.69) is 0 Å². The number of hydrogen-bond donors (Lipinski definition) is 4. The van der Waals surface area contributed by atoms with E-state index in [0.717, 1.165) is 0 Å². The summed E-state index contributed by atoms with van der Waals surface area (Å²) in [5, 5.41) is 27.2. The Balaban J connectivity index is 2.27. The first-order valence-corrected chi connectivity index (χ1v) is 4.49. The van der Waals surface area contributed by atoms with Gasteiger partial charge < -0.3 is 21.1 Å². The van der Waals surface area contributed by atoms with Crippen LogP contribution in [-0.2, 0) is 4.79 Å². The zero-order chi connectivity index (χ0) is 11.2. The zero-order valence-electron chi connectivity index (χ0n) is 7.84. The minimum absolute atomic E-state index is 0.225. The Morgan fingerprint density at radius 3 is 2.53 bits per heavy atom. The number of benzene rings is 1. The summed E-state index contributed by atoms with van der Waals surface area (Å²) in [5.41, 5.74) is 5.03. The summed E-state index contributed by atoms with van der Waals surface area (Å²) >= 11 is 0. The summed E-state index contributed by atoms with van der Waals surface area (Å²) < 4.78 is 0. The highest BCUT2D eigenvalue weighted by Crippen LogP contribution is 2.50. The van der Waals surface area contributed by atoms with Crippen LogP contribution in [0.5, 0.6) is 11.5 Å². The standard InChI is InChI=1S/C10H11NO4/c11-10(9(14)15)4-6(10)5-1-2-7(12)8(13)3-5/h1-3,6,12-13H,4,11H2,(H,14,15). The van der Waals surface area contributed by atoms with Crippen LogP contribution in [0.25, 0.3) is 0 Å². The molecule has 2 rings (SSSR count). The fraction of sp³-hybridized carbons (Fsp3) is 0.300. The Morgan fingerprint density at radius 1 is 1.40 bits per heavy atom. The van der Waals surface area contributed by atoms with Gasteiger partial charge in [0.05, 0.1) is 0 Å². The van der Waals surface area contributed by atoms with Crippen molar-refractivity contribution in [1.82, 2.24) is 0 Å². The van der Waals surface area contributed by atoms with E-state index in [9.17, 15) is 9.90 Å². The minimum Gasteiger partial charge on any atom is -0.504 e. The van der Waals surface area contributed by atoms with Gasteiger partial charge in [-0.05, 0) is 24.1 Å². The van der Waals surface area contributed by atoms with Gasteiger partial charge >= 0.3 is 5.97 Å². The molecule has 1 fully saturated rings. The molecule has 1 aliphatic rings. The number of hydrogen-bond acceptors (Lipinski definition) is 4. The smallest absolute Gasteiger partial charge is 0.324 e. The molecule has 1 saturated carbocycles. The first-order chi connectivity index (χ1) is 6.95. The van der Waals surface area contributed by atoms with Crippen LogP contribution in [0.1, 0.15) is 17.9 Å². The normalized spacial score (nSPS) is 28.7. The molecule has 0 bridgehead atoms. The molecule has 80 valence electrons. The Kier molecular flexibility index (Phi) is 1.87. The van der Waals surface area contributed by atoms with E-state index in [4.69, 9.17) is 15.9 Å². The topological polar surface area (TPSA) is 104 Å². The number of aromatic hydroxyl groups is 2. The van der Waals surface area contributed by atoms with Gasteiger partial charge in [0, 0.05) is 5.92 Å². The Bertz CT molecular complexity index is 431. The lowest BCUT2D eigenvalue weighted by molar-refractivity contribution is -0.139. The molecule has 1 aromatic carbocycles. The van der Waals surface area contributed by atoms with Crippen LogP contribution in [0.15, 0.2) is 18.2 Å². The zero-order valence-corrected chi connectivity index (χ0v) is 7.84. The molecule has 0 aliphatic heterocycles. The van der Waals surface area contributed by atoms with E-state index in [1.807, 2.05) is 0 Å². The third-order valence-electron chi connectivity index (χ3n) is 2.80. The number of aliphatic carboxylic acids is 1. The van der Waals surface area contributed by atoms with E-state index in [1.54, 1.807) is 6.07 Å². The summed E-state index contributed by atoms with van der Waals surface area (Å²) in [6, 6.07) is 4.24. The molecule has 0 spiro atoms. The van der Waals surface area contributed by atoms with E-state index in [-0.39, 0.29) is 17.4 Å². The quantitative estimate of drug-likeness (QED) is 0.527. The second-order valence-corrected chi connectivity index (χ2v) is 3.85. The molecule has 0 saturated heterocycles. The summed E-state index contributed by atoms with van der Waals surface area (Å²) in [6.07, 6.45) is 0.354. The van der Waals surface area contributed by atoms with Crippen LogP contribution in [0.2, 0.25) is 0 Å². The van der Waals surface area contributed by atoms with Crippen molar-refractivity contribution in [1.29, 1.82) is 0 Å². The van der Waals surface area contributed by atoms with Gasteiger partial charge in [0.2, 0.25) is 0 Å². The highest BCUT2D eigenvalue weighted by molar-refractivity contribution is 5.85. The molecule has 5 nitrogen and oxygen atoms in total. The SMILES string of the molecule is NC1(C(=O)O)CC1c1ccc(O)c(O)c1. The lowest BCUT2D eigenvalue weighted by Gasteiger charge is -2.06. The average Bonchev–Trinajstić information content (AvgIpc) is 2.85. The molecular formula is C10H11NO4. The molecule has 15 heavy (non-hydrogen) atoms. The van der Waals surface area contributed by atoms with E-state index in [0.29, 0.717) is 12.0 Å². The number of carbonyl (C=O) groups is 1. The van der Waals surface area contributed by atoms with Gasteiger partial charge in [-0.3, -0.25) is 4.79 Å². The van der Waals surface area contributed by atoms with Gasteiger partial charge in [0.1, 0.15) is 5.54 Å². The van der Waals surface area contributed by atoms with E-state index >= 15 is 0 Å². The van der Waals surface area contributed by atoms with E-state index < -0.39 is 11.5 Å². The third kappa shape index (κ3) is 1.41. The molecule has 1 aromatic rings. The van der Waals surface area contributed by atoms with Crippen molar-refractivity contribution in [2.45, 2.75) is 17.9 Å². The van der Waals surface area contributed by atoms with Gasteiger partial charge in [0.15, 0.2) is 11.5 Å². The highest BCUT2D eigenvalue weighted by atomic mass is 16.4. The number of rotatable bonds is 2. The Morgan fingerprint density at radius 2 is 2.07 bits per heavy atom. The first kappa shape index (κ1) is 9.79. The fourth-order valence-electron chi connectivity index (χ4n) is 1.69. The predicted molar refractivity (Wildman–Crippen MR) is 51.7 cm³/mol. The summed E-state index contributed by atoms with van der Waals surface area (Å²) in [6.45, 7) is 0. The van der Waals surface area contributed by atoms with Crippen molar-refractivity contribution in [3.05, 3.63) is 23.8 Å². The lowest BCUT2D eigenvalue weighted by Crippen LogP contribution is -2.34. The number of carboxylic acids is 1. The molecular weight excluding hydrogens is 198 g/mol. The molecule has 0 heterocycles. The van der Waals surface area contributed by atoms with Crippen molar-refractivity contribution in [3.8, 4) is 11.5 Å². The number of nitrogens with two attached hydrogens (primary N) is 1.